The summed E-state index contributed by atoms with van der Waals surface area (Å²) in [6, 6.07) is 5.03. The number of ether oxygens (including phenoxy) is 1. The molecule has 1 saturated carbocycles. The average Bonchev–Trinajstić information content (AvgIpc) is 3.17. The lowest BCUT2D eigenvalue weighted by Crippen LogP contribution is -2.14. The highest BCUT2D eigenvalue weighted by atomic mass is 32.2. The Morgan fingerprint density at radius 2 is 2.08 bits per heavy atom. The van der Waals surface area contributed by atoms with Gasteiger partial charge >= 0.3 is 0 Å². The van der Waals surface area contributed by atoms with Crippen molar-refractivity contribution in [2.24, 2.45) is 5.92 Å². The van der Waals surface area contributed by atoms with Crippen LogP contribution in [0.2, 0.25) is 0 Å². The van der Waals surface area contributed by atoms with Gasteiger partial charge in [0.15, 0.2) is 17.4 Å². The van der Waals surface area contributed by atoms with E-state index in [0.29, 0.717) is 18.3 Å². The number of hydrogen-bond donors (Lipinski definition) is 1. The monoisotopic (exact) mass is 354 g/mol. The smallest absolute Gasteiger partial charge is 0.263 e. The number of aromatic nitrogens is 1. The van der Waals surface area contributed by atoms with Crippen LogP contribution in [-0.2, 0) is 10.0 Å². The van der Waals surface area contributed by atoms with Gasteiger partial charge in [0, 0.05) is 6.07 Å². The standard InChI is InChI=1S/C16H19FN2O4S/c1-11-8-16(18-23-11)19-24(20,21)13-6-7-15(14(17)9-13)22-10-12-4-2-3-5-12/h6-9,12H,2-5,10H2,1H3,(H,18,19). The topological polar surface area (TPSA) is 81.4 Å². The van der Waals surface area contributed by atoms with E-state index >= 15 is 0 Å². The highest BCUT2D eigenvalue weighted by Crippen LogP contribution is 2.27. The van der Waals surface area contributed by atoms with Crippen molar-refractivity contribution in [3.05, 3.63) is 35.8 Å². The summed E-state index contributed by atoms with van der Waals surface area (Å²) in [6.07, 6.45) is 4.55. The molecule has 24 heavy (non-hydrogen) atoms. The van der Waals surface area contributed by atoms with Gasteiger partial charge in [0.05, 0.1) is 11.5 Å². The second-order valence-electron chi connectivity index (χ2n) is 5.98. The first-order valence-electron chi connectivity index (χ1n) is 7.82. The largest absolute Gasteiger partial charge is 0.490 e. The SMILES string of the molecule is Cc1cc(NS(=O)(=O)c2ccc(OCC3CCCC3)c(F)c2)no1. The van der Waals surface area contributed by atoms with E-state index in [9.17, 15) is 12.8 Å². The molecule has 1 aromatic heterocycles. The number of nitrogens with zero attached hydrogens (tertiary/aromatic N) is 1. The molecule has 2 aromatic rings. The van der Waals surface area contributed by atoms with Gasteiger partial charge in [0.2, 0.25) is 0 Å². The number of benzene rings is 1. The van der Waals surface area contributed by atoms with E-state index in [0.717, 1.165) is 18.9 Å². The molecule has 0 aliphatic heterocycles. The van der Waals surface area contributed by atoms with Gasteiger partial charge in [-0.15, -0.1) is 0 Å². The van der Waals surface area contributed by atoms with E-state index < -0.39 is 15.8 Å². The van der Waals surface area contributed by atoms with Crippen LogP contribution >= 0.6 is 0 Å². The maximum Gasteiger partial charge on any atom is 0.263 e. The third-order valence-electron chi connectivity index (χ3n) is 4.03. The second kappa shape index (κ2) is 6.80. The van der Waals surface area contributed by atoms with Crippen molar-refractivity contribution in [2.45, 2.75) is 37.5 Å². The molecule has 1 N–H and O–H groups in total. The molecule has 1 heterocycles. The zero-order valence-corrected chi connectivity index (χ0v) is 14.1. The Labute approximate surface area is 140 Å². The molecule has 3 rings (SSSR count). The van der Waals surface area contributed by atoms with Gasteiger partial charge in [-0.05, 0) is 43.9 Å². The van der Waals surface area contributed by atoms with Crippen molar-refractivity contribution in [2.75, 3.05) is 11.3 Å². The number of aryl methyl sites for hydroxylation is 1. The van der Waals surface area contributed by atoms with Gasteiger partial charge in [0.1, 0.15) is 5.76 Å². The van der Waals surface area contributed by atoms with Crippen LogP contribution in [0, 0.1) is 18.7 Å². The summed E-state index contributed by atoms with van der Waals surface area (Å²) in [6.45, 7) is 2.10. The quantitative estimate of drug-likeness (QED) is 0.859. The summed E-state index contributed by atoms with van der Waals surface area (Å²) in [7, 11) is -3.94. The molecule has 8 heteroatoms. The van der Waals surface area contributed by atoms with E-state index in [2.05, 4.69) is 9.88 Å². The Hall–Kier alpha value is -2.09. The zero-order chi connectivity index (χ0) is 17.2. The van der Waals surface area contributed by atoms with Crippen molar-refractivity contribution in [1.29, 1.82) is 0 Å². The Bertz CT molecular complexity index is 813. The van der Waals surface area contributed by atoms with Crippen LogP contribution in [-0.4, -0.2) is 20.2 Å². The third-order valence-corrected chi connectivity index (χ3v) is 5.38. The fourth-order valence-corrected chi connectivity index (χ4v) is 3.76. The lowest BCUT2D eigenvalue weighted by atomic mass is 10.1. The number of rotatable bonds is 6. The molecule has 6 nitrogen and oxygen atoms in total. The fraction of sp³-hybridized carbons (Fsp3) is 0.438. The van der Waals surface area contributed by atoms with Crippen molar-refractivity contribution in [3.63, 3.8) is 0 Å². The van der Waals surface area contributed by atoms with Gasteiger partial charge in [-0.1, -0.05) is 18.0 Å². The second-order valence-corrected chi connectivity index (χ2v) is 7.66. The van der Waals surface area contributed by atoms with E-state index in [1.165, 1.54) is 31.0 Å². The van der Waals surface area contributed by atoms with Crippen LogP contribution in [0.25, 0.3) is 0 Å². The summed E-state index contributed by atoms with van der Waals surface area (Å²) in [5, 5.41) is 3.56. The highest BCUT2D eigenvalue weighted by Gasteiger charge is 2.20. The van der Waals surface area contributed by atoms with Crippen LogP contribution in [0.15, 0.2) is 33.7 Å². The molecule has 1 fully saturated rings. The minimum Gasteiger partial charge on any atom is -0.490 e. The number of nitrogens with one attached hydrogen (secondary N) is 1. The first-order chi connectivity index (χ1) is 11.4. The molecular weight excluding hydrogens is 335 g/mol. The number of sulfonamides is 1. The third kappa shape index (κ3) is 3.87. The van der Waals surface area contributed by atoms with Gasteiger partial charge in [-0.25, -0.2) is 12.8 Å². The fourth-order valence-electron chi connectivity index (χ4n) is 2.76. The summed E-state index contributed by atoms with van der Waals surface area (Å²) < 4.78 is 51.2. The van der Waals surface area contributed by atoms with Crippen molar-refractivity contribution in [1.82, 2.24) is 5.16 Å². The molecule has 0 atom stereocenters. The van der Waals surface area contributed by atoms with Crippen LogP contribution in [0.1, 0.15) is 31.4 Å². The maximum absolute atomic E-state index is 14.1. The average molecular weight is 354 g/mol. The Morgan fingerprint density at radius 3 is 2.71 bits per heavy atom. The molecule has 0 spiro atoms. The minimum absolute atomic E-state index is 0.0504. The first kappa shape index (κ1) is 16.8. The molecule has 130 valence electrons. The summed E-state index contributed by atoms with van der Waals surface area (Å²) in [5.74, 6) is 0.333. The van der Waals surface area contributed by atoms with Crippen LogP contribution in [0.3, 0.4) is 0 Å². The van der Waals surface area contributed by atoms with Gasteiger partial charge < -0.3 is 9.26 Å². The van der Waals surface area contributed by atoms with Gasteiger partial charge in [0.25, 0.3) is 10.0 Å². The van der Waals surface area contributed by atoms with Gasteiger partial charge in [-0.2, -0.15) is 0 Å². The van der Waals surface area contributed by atoms with E-state index in [1.807, 2.05) is 0 Å². The molecule has 0 bridgehead atoms. The van der Waals surface area contributed by atoms with Gasteiger partial charge in [-0.3, -0.25) is 4.72 Å². The number of halogens is 1. The Balaban J connectivity index is 1.70. The van der Waals surface area contributed by atoms with E-state index in [1.54, 1.807) is 6.92 Å². The molecule has 1 aromatic carbocycles. The molecule has 1 aliphatic carbocycles. The lowest BCUT2D eigenvalue weighted by molar-refractivity contribution is 0.242. The van der Waals surface area contributed by atoms with Crippen LogP contribution in [0.5, 0.6) is 5.75 Å². The predicted molar refractivity (Wildman–Crippen MR) is 85.9 cm³/mol. The van der Waals surface area contributed by atoms with Crippen LogP contribution < -0.4 is 9.46 Å². The van der Waals surface area contributed by atoms with Crippen molar-refractivity contribution < 1.29 is 22.1 Å². The zero-order valence-electron chi connectivity index (χ0n) is 13.3. The summed E-state index contributed by atoms with van der Waals surface area (Å²) in [4.78, 5) is -0.200. The number of hydrogen-bond acceptors (Lipinski definition) is 5. The van der Waals surface area contributed by atoms with E-state index in [-0.39, 0.29) is 16.5 Å². The molecule has 0 radical (unpaired) electrons. The predicted octanol–water partition coefficient (Wildman–Crippen LogP) is 3.49. The Kier molecular flexibility index (Phi) is 4.75. The maximum atomic E-state index is 14.1. The number of anilines is 1. The molecule has 0 saturated heterocycles. The van der Waals surface area contributed by atoms with Crippen molar-refractivity contribution >= 4 is 15.8 Å². The molecule has 0 unspecified atom stereocenters. The summed E-state index contributed by atoms with van der Waals surface area (Å²) in [5.41, 5.74) is 0. The van der Waals surface area contributed by atoms with E-state index in [4.69, 9.17) is 9.26 Å². The molecule has 0 amide bonds. The van der Waals surface area contributed by atoms with Crippen molar-refractivity contribution in [3.8, 4) is 5.75 Å². The molecule has 1 aliphatic rings. The van der Waals surface area contributed by atoms with Crippen LogP contribution in [0.4, 0.5) is 10.2 Å². The lowest BCUT2D eigenvalue weighted by Gasteiger charge is -2.12. The normalized spacial score (nSPS) is 15.6. The minimum atomic E-state index is -3.94. The molecular formula is C16H19FN2O4S. The first-order valence-corrected chi connectivity index (χ1v) is 9.31. The Morgan fingerprint density at radius 1 is 1.33 bits per heavy atom. The summed E-state index contributed by atoms with van der Waals surface area (Å²) >= 11 is 0. The highest BCUT2D eigenvalue weighted by molar-refractivity contribution is 7.92.